The van der Waals surface area contributed by atoms with Gasteiger partial charge in [0.05, 0.1) is 23.3 Å². The summed E-state index contributed by atoms with van der Waals surface area (Å²) in [5.74, 6) is -2.09. The lowest BCUT2D eigenvalue weighted by atomic mass is 10.0. The Hall–Kier alpha value is -2.81. The van der Waals surface area contributed by atoms with Crippen LogP contribution in [0, 0.1) is 0 Å². The fraction of sp³-hybridized carbons (Fsp3) is 0.423. The Morgan fingerprint density at radius 1 is 1.03 bits per heavy atom. The normalized spacial score (nSPS) is 11.6. The van der Waals surface area contributed by atoms with Gasteiger partial charge < -0.3 is 24.8 Å². The second kappa shape index (κ2) is 14.7. The molecule has 8 nitrogen and oxygen atoms in total. The Labute approximate surface area is 221 Å². The van der Waals surface area contributed by atoms with Crippen molar-refractivity contribution in [1.29, 1.82) is 0 Å². The van der Waals surface area contributed by atoms with Crippen LogP contribution in [0.5, 0.6) is 11.5 Å². The average Bonchev–Trinajstić information content (AvgIpc) is 2.82. The molecule has 1 atom stereocenters. The van der Waals surface area contributed by atoms with Gasteiger partial charge in [0.15, 0.2) is 11.5 Å². The van der Waals surface area contributed by atoms with Crippen LogP contribution in [0.15, 0.2) is 36.4 Å². The minimum Gasteiger partial charge on any atom is -0.490 e. The summed E-state index contributed by atoms with van der Waals surface area (Å²) in [6.07, 6.45) is 1.42. The number of halogens is 2. The number of amides is 1. The van der Waals surface area contributed by atoms with Gasteiger partial charge in [0, 0.05) is 13.3 Å². The third-order valence-corrected chi connectivity index (χ3v) is 5.54. The number of benzene rings is 2. The van der Waals surface area contributed by atoms with E-state index in [9.17, 15) is 14.4 Å². The Morgan fingerprint density at radius 3 is 2.33 bits per heavy atom. The molecule has 1 amide bonds. The number of unbranched alkanes of at least 4 members (excludes halogenated alkanes) is 1. The van der Waals surface area contributed by atoms with Gasteiger partial charge in [0.25, 0.3) is 5.91 Å². The summed E-state index contributed by atoms with van der Waals surface area (Å²) in [4.78, 5) is 37.9. The fourth-order valence-electron chi connectivity index (χ4n) is 3.30. The SMILES string of the molecule is CNCCCCOc1c(Cl)cc(C(=O)NC(Cc2ccccc2)C(=O)OC(C)C)c(OC(C)=O)c1Cl. The lowest BCUT2D eigenvalue weighted by molar-refractivity contribution is -0.149. The van der Waals surface area contributed by atoms with Crippen molar-refractivity contribution in [2.75, 3.05) is 20.2 Å². The van der Waals surface area contributed by atoms with Crippen LogP contribution in [0.3, 0.4) is 0 Å². The highest BCUT2D eigenvalue weighted by molar-refractivity contribution is 6.39. The maximum atomic E-state index is 13.3. The monoisotopic (exact) mass is 538 g/mol. The molecule has 0 fully saturated rings. The minimum atomic E-state index is -1.01. The topological polar surface area (TPSA) is 103 Å². The fourth-order valence-corrected chi connectivity index (χ4v) is 3.90. The molecule has 36 heavy (non-hydrogen) atoms. The Morgan fingerprint density at radius 2 is 1.72 bits per heavy atom. The Balaban J connectivity index is 2.35. The number of hydrogen-bond acceptors (Lipinski definition) is 7. The predicted octanol–water partition coefficient (Wildman–Crippen LogP) is 4.59. The van der Waals surface area contributed by atoms with Gasteiger partial charge in [-0.1, -0.05) is 53.5 Å². The molecule has 0 radical (unpaired) electrons. The number of esters is 2. The highest BCUT2D eigenvalue weighted by atomic mass is 35.5. The van der Waals surface area contributed by atoms with Crippen molar-refractivity contribution in [3.63, 3.8) is 0 Å². The van der Waals surface area contributed by atoms with Gasteiger partial charge >= 0.3 is 11.9 Å². The summed E-state index contributed by atoms with van der Waals surface area (Å²) in [5, 5.41) is 5.68. The minimum absolute atomic E-state index is 0.0686. The maximum Gasteiger partial charge on any atom is 0.329 e. The van der Waals surface area contributed by atoms with Crippen LogP contribution in [0.25, 0.3) is 0 Å². The first kappa shape index (κ1) is 29.4. The number of ether oxygens (including phenoxy) is 3. The van der Waals surface area contributed by atoms with Crippen LogP contribution in [-0.4, -0.2) is 50.2 Å². The van der Waals surface area contributed by atoms with Crippen molar-refractivity contribution in [2.24, 2.45) is 0 Å². The maximum absolute atomic E-state index is 13.3. The number of carbonyl (C=O) groups excluding carboxylic acids is 3. The van der Waals surface area contributed by atoms with Crippen molar-refractivity contribution in [3.05, 3.63) is 57.6 Å². The first-order valence-electron chi connectivity index (χ1n) is 11.7. The Kier molecular flexibility index (Phi) is 12.0. The van der Waals surface area contributed by atoms with Gasteiger partial charge in [-0.25, -0.2) is 4.79 Å². The summed E-state index contributed by atoms with van der Waals surface area (Å²) in [5.41, 5.74) is 0.708. The molecule has 0 aliphatic rings. The van der Waals surface area contributed by atoms with Crippen LogP contribution >= 0.6 is 23.2 Å². The predicted molar refractivity (Wildman–Crippen MR) is 139 cm³/mol. The molecule has 0 aromatic heterocycles. The van der Waals surface area contributed by atoms with E-state index in [-0.39, 0.29) is 39.6 Å². The van der Waals surface area contributed by atoms with E-state index in [1.165, 1.54) is 13.0 Å². The lowest BCUT2D eigenvalue weighted by Crippen LogP contribution is -2.44. The zero-order valence-electron chi connectivity index (χ0n) is 20.9. The molecular weight excluding hydrogens is 507 g/mol. The van der Waals surface area contributed by atoms with Crippen molar-refractivity contribution >= 4 is 41.0 Å². The van der Waals surface area contributed by atoms with E-state index in [2.05, 4.69) is 10.6 Å². The molecule has 0 aliphatic heterocycles. The molecular formula is C26H32Cl2N2O6. The third-order valence-electron chi connectivity index (χ3n) is 4.91. The molecule has 0 saturated heterocycles. The third kappa shape index (κ3) is 9.00. The van der Waals surface area contributed by atoms with Gasteiger partial charge in [-0.05, 0) is 51.9 Å². The standard InChI is InChI=1S/C26H32Cl2N2O6/c1-16(2)35-26(33)21(14-18-10-6-5-7-11-18)30-25(32)19-15-20(27)24(34-13-9-8-12-29-4)22(28)23(19)36-17(3)31/h5-7,10-11,15-16,21,29H,8-9,12-14H2,1-4H3,(H,30,32). The Bertz CT molecular complexity index is 1050. The summed E-state index contributed by atoms with van der Waals surface area (Å²) in [6, 6.07) is 9.48. The van der Waals surface area contributed by atoms with Crippen LogP contribution in [0.2, 0.25) is 10.0 Å². The molecule has 1 unspecified atom stereocenters. The van der Waals surface area contributed by atoms with E-state index >= 15 is 0 Å². The first-order valence-corrected chi connectivity index (χ1v) is 12.4. The van der Waals surface area contributed by atoms with Crippen molar-refractivity contribution in [2.45, 2.75) is 52.2 Å². The van der Waals surface area contributed by atoms with Gasteiger partial charge in [0.1, 0.15) is 11.1 Å². The zero-order valence-corrected chi connectivity index (χ0v) is 22.4. The lowest BCUT2D eigenvalue weighted by Gasteiger charge is -2.21. The van der Waals surface area contributed by atoms with Crippen molar-refractivity contribution in [1.82, 2.24) is 10.6 Å². The second-order valence-corrected chi connectivity index (χ2v) is 9.12. The molecule has 0 heterocycles. The van der Waals surface area contributed by atoms with Crippen LogP contribution in [-0.2, 0) is 20.7 Å². The molecule has 2 aromatic carbocycles. The quantitative estimate of drug-likeness (QED) is 0.218. The molecule has 196 valence electrons. The highest BCUT2D eigenvalue weighted by Crippen LogP contribution is 2.43. The van der Waals surface area contributed by atoms with Gasteiger partial charge in [-0.2, -0.15) is 0 Å². The van der Waals surface area contributed by atoms with E-state index in [0.29, 0.717) is 6.61 Å². The average molecular weight is 539 g/mol. The summed E-state index contributed by atoms with van der Waals surface area (Å²) >= 11 is 12.9. The summed E-state index contributed by atoms with van der Waals surface area (Å²) in [7, 11) is 1.86. The molecule has 2 aromatic rings. The van der Waals surface area contributed by atoms with Crippen LogP contribution < -0.4 is 20.1 Å². The zero-order chi connectivity index (χ0) is 26.7. The van der Waals surface area contributed by atoms with Crippen molar-refractivity contribution < 1.29 is 28.6 Å². The summed E-state index contributed by atoms with van der Waals surface area (Å²) in [6.45, 7) is 5.77. The molecule has 2 N–H and O–H groups in total. The van der Waals surface area contributed by atoms with Gasteiger partial charge in [-0.3, -0.25) is 9.59 Å². The van der Waals surface area contributed by atoms with E-state index < -0.39 is 23.9 Å². The van der Waals surface area contributed by atoms with E-state index in [1.54, 1.807) is 13.8 Å². The summed E-state index contributed by atoms with van der Waals surface area (Å²) < 4.78 is 16.3. The van der Waals surface area contributed by atoms with Crippen LogP contribution in [0.1, 0.15) is 49.5 Å². The largest absolute Gasteiger partial charge is 0.490 e. The second-order valence-electron chi connectivity index (χ2n) is 8.33. The molecule has 2 rings (SSSR count). The van der Waals surface area contributed by atoms with Crippen molar-refractivity contribution in [3.8, 4) is 11.5 Å². The molecule has 10 heteroatoms. The molecule has 0 saturated carbocycles. The molecule has 0 aliphatic carbocycles. The number of rotatable bonds is 13. The van der Waals surface area contributed by atoms with Gasteiger partial charge in [0.2, 0.25) is 0 Å². The molecule has 0 spiro atoms. The number of carbonyl (C=O) groups is 3. The van der Waals surface area contributed by atoms with E-state index in [4.69, 9.17) is 37.4 Å². The van der Waals surface area contributed by atoms with E-state index in [1.807, 2.05) is 37.4 Å². The van der Waals surface area contributed by atoms with Gasteiger partial charge in [-0.15, -0.1) is 0 Å². The smallest absolute Gasteiger partial charge is 0.329 e. The number of nitrogens with one attached hydrogen (secondary N) is 2. The van der Waals surface area contributed by atoms with Crippen LogP contribution in [0.4, 0.5) is 0 Å². The number of hydrogen-bond donors (Lipinski definition) is 2. The first-order chi connectivity index (χ1) is 17.1. The highest BCUT2D eigenvalue weighted by Gasteiger charge is 2.29. The van der Waals surface area contributed by atoms with E-state index in [0.717, 1.165) is 24.9 Å². The molecule has 0 bridgehead atoms.